The standard InChI is InChI=1S/C14H11ClF2O/c1-9-5-6-12(17)14(7-9)18-13-4-2-3-11(16)10(13)8-15/h2-7H,8H2,1H3. The molecule has 0 aliphatic rings. The molecule has 0 saturated heterocycles. The average molecular weight is 269 g/mol. The van der Waals surface area contributed by atoms with Crippen molar-refractivity contribution in [1.82, 2.24) is 0 Å². The zero-order valence-corrected chi connectivity index (χ0v) is 10.5. The largest absolute Gasteiger partial charge is 0.454 e. The molecule has 1 nitrogen and oxygen atoms in total. The van der Waals surface area contributed by atoms with E-state index in [1.165, 1.54) is 18.2 Å². The third-order valence-corrected chi connectivity index (χ3v) is 2.78. The van der Waals surface area contributed by atoms with Gasteiger partial charge in [0.2, 0.25) is 0 Å². The summed E-state index contributed by atoms with van der Waals surface area (Å²) >= 11 is 5.66. The number of hydrogen-bond donors (Lipinski definition) is 0. The van der Waals surface area contributed by atoms with Gasteiger partial charge in [-0.2, -0.15) is 0 Å². The molecule has 2 aromatic rings. The number of rotatable bonds is 3. The molecule has 0 atom stereocenters. The molecule has 0 saturated carbocycles. The molecule has 0 aliphatic carbocycles. The van der Waals surface area contributed by atoms with Crippen LogP contribution in [0.2, 0.25) is 0 Å². The van der Waals surface area contributed by atoms with Crippen LogP contribution in [0.3, 0.4) is 0 Å². The van der Waals surface area contributed by atoms with Crippen LogP contribution in [0.5, 0.6) is 11.5 Å². The van der Waals surface area contributed by atoms with E-state index in [1.807, 2.05) is 6.92 Å². The van der Waals surface area contributed by atoms with Gasteiger partial charge in [0, 0.05) is 5.56 Å². The maximum atomic E-state index is 13.5. The van der Waals surface area contributed by atoms with Gasteiger partial charge in [-0.15, -0.1) is 11.6 Å². The van der Waals surface area contributed by atoms with E-state index in [1.54, 1.807) is 18.2 Å². The highest BCUT2D eigenvalue weighted by molar-refractivity contribution is 6.17. The van der Waals surface area contributed by atoms with Crippen molar-refractivity contribution in [3.05, 3.63) is 59.2 Å². The van der Waals surface area contributed by atoms with Crippen molar-refractivity contribution in [2.75, 3.05) is 0 Å². The predicted octanol–water partition coefficient (Wildman–Crippen LogP) is 4.80. The van der Waals surface area contributed by atoms with E-state index >= 15 is 0 Å². The Kier molecular flexibility index (Phi) is 3.82. The van der Waals surface area contributed by atoms with E-state index in [4.69, 9.17) is 16.3 Å². The van der Waals surface area contributed by atoms with Gasteiger partial charge in [0.05, 0.1) is 5.88 Å². The molecule has 0 aliphatic heterocycles. The second kappa shape index (κ2) is 5.36. The van der Waals surface area contributed by atoms with E-state index in [-0.39, 0.29) is 22.9 Å². The maximum Gasteiger partial charge on any atom is 0.165 e. The number of ether oxygens (including phenoxy) is 1. The summed E-state index contributed by atoms with van der Waals surface area (Å²) in [6.07, 6.45) is 0. The fraction of sp³-hybridized carbons (Fsp3) is 0.143. The van der Waals surface area contributed by atoms with Gasteiger partial charge in [-0.05, 0) is 36.8 Å². The molecule has 0 N–H and O–H groups in total. The highest BCUT2D eigenvalue weighted by Gasteiger charge is 2.11. The van der Waals surface area contributed by atoms with Crippen LogP contribution in [-0.4, -0.2) is 0 Å². The van der Waals surface area contributed by atoms with Crippen LogP contribution in [-0.2, 0) is 5.88 Å². The van der Waals surface area contributed by atoms with Crippen LogP contribution in [0.25, 0.3) is 0 Å². The molecular formula is C14H11ClF2O. The number of alkyl halides is 1. The zero-order valence-electron chi connectivity index (χ0n) is 9.71. The minimum atomic E-state index is -0.495. The Morgan fingerprint density at radius 3 is 2.56 bits per heavy atom. The summed E-state index contributed by atoms with van der Waals surface area (Å²) in [6, 6.07) is 8.84. The summed E-state index contributed by atoms with van der Waals surface area (Å²) in [5.41, 5.74) is 1.08. The molecule has 18 heavy (non-hydrogen) atoms. The van der Waals surface area contributed by atoms with Crippen LogP contribution in [0, 0.1) is 18.6 Å². The van der Waals surface area contributed by atoms with Gasteiger partial charge in [-0.3, -0.25) is 0 Å². The lowest BCUT2D eigenvalue weighted by atomic mass is 10.2. The van der Waals surface area contributed by atoms with Gasteiger partial charge in [-0.1, -0.05) is 12.1 Å². The first-order valence-electron chi connectivity index (χ1n) is 5.39. The van der Waals surface area contributed by atoms with Gasteiger partial charge in [0.1, 0.15) is 11.6 Å². The Balaban J connectivity index is 2.40. The minimum absolute atomic E-state index is 0.0323. The number of halogens is 3. The highest BCUT2D eigenvalue weighted by atomic mass is 35.5. The molecule has 2 aromatic carbocycles. The van der Waals surface area contributed by atoms with E-state index in [0.717, 1.165) is 5.56 Å². The van der Waals surface area contributed by atoms with Gasteiger partial charge < -0.3 is 4.74 Å². The van der Waals surface area contributed by atoms with Gasteiger partial charge in [0.25, 0.3) is 0 Å². The van der Waals surface area contributed by atoms with Crippen molar-refractivity contribution in [1.29, 1.82) is 0 Å². The summed E-state index contributed by atoms with van der Waals surface area (Å²) in [5, 5.41) is 0. The quantitative estimate of drug-likeness (QED) is 0.726. The summed E-state index contributed by atoms with van der Waals surface area (Å²) < 4.78 is 32.4. The first-order chi connectivity index (χ1) is 8.61. The smallest absolute Gasteiger partial charge is 0.165 e. The summed E-state index contributed by atoms with van der Waals surface area (Å²) in [5.74, 6) is -0.697. The van der Waals surface area contributed by atoms with Gasteiger partial charge in [-0.25, -0.2) is 8.78 Å². The molecule has 0 radical (unpaired) electrons. The monoisotopic (exact) mass is 268 g/mol. The van der Waals surface area contributed by atoms with Crippen LogP contribution < -0.4 is 4.74 Å². The average Bonchev–Trinajstić information content (AvgIpc) is 2.34. The van der Waals surface area contributed by atoms with Crippen molar-refractivity contribution >= 4 is 11.6 Å². The third kappa shape index (κ3) is 2.62. The van der Waals surface area contributed by atoms with Crippen molar-refractivity contribution < 1.29 is 13.5 Å². The van der Waals surface area contributed by atoms with E-state index in [9.17, 15) is 8.78 Å². The Morgan fingerprint density at radius 2 is 1.83 bits per heavy atom. The molecule has 0 fully saturated rings. The Bertz CT molecular complexity index is 570. The van der Waals surface area contributed by atoms with Crippen molar-refractivity contribution in [3.8, 4) is 11.5 Å². The van der Waals surface area contributed by atoms with Crippen molar-refractivity contribution in [3.63, 3.8) is 0 Å². The lowest BCUT2D eigenvalue weighted by Crippen LogP contribution is -1.95. The predicted molar refractivity (Wildman–Crippen MR) is 67.2 cm³/mol. The number of benzene rings is 2. The van der Waals surface area contributed by atoms with Crippen LogP contribution in [0.15, 0.2) is 36.4 Å². The fourth-order valence-electron chi connectivity index (χ4n) is 1.57. The van der Waals surface area contributed by atoms with Gasteiger partial charge >= 0.3 is 0 Å². The molecule has 0 aromatic heterocycles. The summed E-state index contributed by atoms with van der Waals surface area (Å²) in [7, 11) is 0. The number of aryl methyl sites for hydroxylation is 1. The molecule has 0 amide bonds. The third-order valence-electron chi connectivity index (χ3n) is 2.52. The van der Waals surface area contributed by atoms with Crippen LogP contribution >= 0.6 is 11.6 Å². The van der Waals surface area contributed by atoms with Crippen molar-refractivity contribution in [2.24, 2.45) is 0 Å². The second-order valence-corrected chi connectivity index (χ2v) is 4.15. The van der Waals surface area contributed by atoms with Crippen LogP contribution in [0.1, 0.15) is 11.1 Å². The molecule has 2 rings (SSSR count). The Morgan fingerprint density at radius 1 is 1.06 bits per heavy atom. The molecule has 0 bridgehead atoms. The SMILES string of the molecule is Cc1ccc(F)c(Oc2cccc(F)c2CCl)c1. The molecule has 0 heterocycles. The zero-order chi connectivity index (χ0) is 13.1. The van der Waals surface area contributed by atoms with Crippen molar-refractivity contribution in [2.45, 2.75) is 12.8 Å². The fourth-order valence-corrected chi connectivity index (χ4v) is 1.83. The lowest BCUT2D eigenvalue weighted by molar-refractivity contribution is 0.434. The first kappa shape index (κ1) is 12.8. The summed E-state index contributed by atoms with van der Waals surface area (Å²) in [6.45, 7) is 1.82. The normalized spacial score (nSPS) is 10.4. The Hall–Kier alpha value is -1.61. The number of hydrogen-bond acceptors (Lipinski definition) is 1. The topological polar surface area (TPSA) is 9.23 Å². The molecule has 4 heteroatoms. The molecule has 0 spiro atoms. The lowest BCUT2D eigenvalue weighted by Gasteiger charge is -2.11. The van der Waals surface area contributed by atoms with Crippen LogP contribution in [0.4, 0.5) is 8.78 Å². The summed E-state index contributed by atoms with van der Waals surface area (Å²) in [4.78, 5) is 0. The van der Waals surface area contributed by atoms with Gasteiger partial charge in [0.15, 0.2) is 11.6 Å². The maximum absolute atomic E-state index is 13.5. The first-order valence-corrected chi connectivity index (χ1v) is 5.92. The molecule has 94 valence electrons. The highest BCUT2D eigenvalue weighted by Crippen LogP contribution is 2.30. The molecular weight excluding hydrogens is 258 g/mol. The Labute approximate surface area is 109 Å². The van der Waals surface area contributed by atoms with E-state index < -0.39 is 11.6 Å². The second-order valence-electron chi connectivity index (χ2n) is 3.89. The van der Waals surface area contributed by atoms with E-state index in [2.05, 4.69) is 0 Å². The van der Waals surface area contributed by atoms with E-state index in [0.29, 0.717) is 0 Å². The minimum Gasteiger partial charge on any atom is -0.454 e. The molecule has 0 unspecified atom stereocenters.